The predicted octanol–water partition coefficient (Wildman–Crippen LogP) is 3.41. The van der Waals surface area contributed by atoms with Gasteiger partial charge in [0.1, 0.15) is 23.6 Å². The van der Waals surface area contributed by atoms with Crippen molar-refractivity contribution in [3.63, 3.8) is 0 Å². The fraction of sp³-hybridized carbons (Fsp3) is 0.333. The van der Waals surface area contributed by atoms with Crippen LogP contribution in [0.1, 0.15) is 19.4 Å². The van der Waals surface area contributed by atoms with E-state index in [1.807, 2.05) is 24.3 Å². The number of methoxy groups -OCH3 is 1. The van der Waals surface area contributed by atoms with E-state index >= 15 is 0 Å². The molecule has 0 saturated carbocycles. The van der Waals surface area contributed by atoms with E-state index in [9.17, 15) is 32.7 Å². The molecule has 14 heteroatoms. The minimum absolute atomic E-state index is 0.0371. The van der Waals surface area contributed by atoms with Crippen molar-refractivity contribution in [1.29, 1.82) is 0 Å². The number of anilines is 2. The molecule has 3 aromatic rings. The van der Waals surface area contributed by atoms with E-state index in [4.69, 9.17) is 4.74 Å². The Morgan fingerprint density at radius 3 is 2.34 bits per heavy atom. The van der Waals surface area contributed by atoms with Crippen molar-refractivity contribution in [3.05, 3.63) is 64.6 Å². The molecule has 0 saturated heterocycles. The summed E-state index contributed by atoms with van der Waals surface area (Å²) in [5, 5.41) is 13.7. The van der Waals surface area contributed by atoms with E-state index in [-0.39, 0.29) is 12.2 Å². The molecule has 44 heavy (non-hydrogen) atoms. The maximum absolute atomic E-state index is 14.5. The number of carbonyl (C=O) groups excluding carboxylic acids is 3. The van der Waals surface area contributed by atoms with Gasteiger partial charge in [-0.15, -0.1) is 0 Å². The number of fused-ring (bicyclic) bond motifs is 2. The summed E-state index contributed by atoms with van der Waals surface area (Å²) >= 11 is 3.57. The van der Waals surface area contributed by atoms with Crippen LogP contribution in [0.4, 0.5) is 16.2 Å². The zero-order valence-electron chi connectivity index (χ0n) is 24.8. The number of carboxylic acid groups (broad SMARTS) is 1. The largest absolute Gasteiger partial charge is 0.496 e. The van der Waals surface area contributed by atoms with Gasteiger partial charge in [0, 0.05) is 23.3 Å². The summed E-state index contributed by atoms with van der Waals surface area (Å²) in [5.41, 5.74) is 1.24. The number of ether oxygens (including phenoxy) is 1. The first-order valence-corrected chi connectivity index (χ1v) is 16.4. The molecule has 1 aliphatic rings. The lowest BCUT2D eigenvalue weighted by Gasteiger charge is -2.33. The summed E-state index contributed by atoms with van der Waals surface area (Å²) < 4.78 is 30.9. The van der Waals surface area contributed by atoms with Crippen molar-refractivity contribution in [2.75, 3.05) is 36.0 Å². The van der Waals surface area contributed by atoms with Crippen molar-refractivity contribution < 1.29 is 37.4 Å². The summed E-state index contributed by atoms with van der Waals surface area (Å²) in [6.45, 7) is 2.86. The maximum Gasteiger partial charge on any atom is 0.407 e. The van der Waals surface area contributed by atoms with Gasteiger partial charge < -0.3 is 25.0 Å². The van der Waals surface area contributed by atoms with Gasteiger partial charge in [-0.25, -0.2) is 13.2 Å². The highest BCUT2D eigenvalue weighted by Crippen LogP contribution is 2.39. The highest BCUT2D eigenvalue weighted by molar-refractivity contribution is 9.10. The molecular weight excluding hydrogens is 656 g/mol. The molecular formula is C30H33BrN4O8S. The first-order chi connectivity index (χ1) is 20.7. The molecule has 4 rings (SSSR count). The number of halogens is 1. The Morgan fingerprint density at radius 2 is 1.73 bits per heavy atom. The number of hydrogen-bond acceptors (Lipinski definition) is 7. The number of sulfone groups is 1. The third kappa shape index (κ3) is 6.50. The van der Waals surface area contributed by atoms with Gasteiger partial charge in [0.2, 0.25) is 11.8 Å². The second kappa shape index (κ2) is 12.8. The lowest BCUT2D eigenvalue weighted by atomic mass is 10.0. The van der Waals surface area contributed by atoms with Gasteiger partial charge in [0.25, 0.3) is 5.91 Å². The van der Waals surface area contributed by atoms with Crippen LogP contribution >= 0.6 is 15.9 Å². The quantitative estimate of drug-likeness (QED) is 0.365. The van der Waals surface area contributed by atoms with Crippen molar-refractivity contribution in [3.8, 4) is 5.75 Å². The molecule has 12 nitrogen and oxygen atoms in total. The second-order valence-electron chi connectivity index (χ2n) is 10.6. The molecule has 1 aliphatic heterocycles. The number of hydrogen-bond donors (Lipinski definition) is 2. The minimum atomic E-state index is -3.77. The van der Waals surface area contributed by atoms with Crippen molar-refractivity contribution in [2.45, 2.75) is 38.5 Å². The SMILES string of the molecule is COc1ccc2c(Br)cccc2c1CN1C(=O)[C@@H](NC(=O)[C@H](C)N(C)C(=O)O)[C@H](C)N(C(=O)CS(C)(=O)=O)c2ccccc21. The summed E-state index contributed by atoms with van der Waals surface area (Å²) in [5.74, 6) is -2.48. The van der Waals surface area contributed by atoms with E-state index in [2.05, 4.69) is 21.2 Å². The summed E-state index contributed by atoms with van der Waals surface area (Å²) in [7, 11) is -1.03. The van der Waals surface area contributed by atoms with Crippen LogP contribution in [0.2, 0.25) is 0 Å². The fourth-order valence-corrected chi connectivity index (χ4v) is 6.33. The van der Waals surface area contributed by atoms with Gasteiger partial charge in [-0.2, -0.15) is 0 Å². The average molecular weight is 690 g/mol. The third-order valence-corrected chi connectivity index (χ3v) is 9.14. The molecule has 0 fully saturated rings. The molecule has 234 valence electrons. The molecule has 3 atom stereocenters. The molecule has 0 unspecified atom stereocenters. The number of nitrogens with zero attached hydrogens (tertiary/aromatic N) is 3. The van der Waals surface area contributed by atoms with Gasteiger partial charge >= 0.3 is 6.09 Å². The molecule has 3 aromatic carbocycles. The molecule has 0 aromatic heterocycles. The Labute approximate surface area is 263 Å². The standard InChI is InChI=1S/C30H33BrN4O8S/c1-17-27(32-28(37)18(2)33(3)30(39)40)29(38)34(15-21-19-9-8-10-22(31)20(19)13-14-25(21)43-4)23-11-6-7-12-24(23)35(17)26(36)16-44(5,41)42/h6-14,17-18,27H,15-16H2,1-5H3,(H,32,37)(H,39,40)/t17-,18-,27-/m0/s1. The monoisotopic (exact) mass is 688 g/mol. The van der Waals surface area contributed by atoms with Crippen LogP contribution < -0.4 is 19.9 Å². The van der Waals surface area contributed by atoms with Crippen molar-refractivity contribution >= 4 is 71.7 Å². The Balaban J connectivity index is 1.91. The van der Waals surface area contributed by atoms with E-state index in [1.165, 1.54) is 37.8 Å². The zero-order chi connectivity index (χ0) is 32.5. The van der Waals surface area contributed by atoms with Crippen molar-refractivity contribution in [1.82, 2.24) is 10.2 Å². The maximum atomic E-state index is 14.5. The van der Waals surface area contributed by atoms with E-state index in [1.54, 1.807) is 30.3 Å². The fourth-order valence-electron chi connectivity index (χ4n) is 5.25. The van der Waals surface area contributed by atoms with E-state index in [0.29, 0.717) is 17.0 Å². The number of amides is 4. The Morgan fingerprint density at radius 1 is 1.07 bits per heavy atom. The number of para-hydroxylation sites is 2. The highest BCUT2D eigenvalue weighted by Gasteiger charge is 2.43. The topological polar surface area (TPSA) is 154 Å². The van der Waals surface area contributed by atoms with Gasteiger partial charge in [-0.05, 0) is 55.0 Å². The second-order valence-corrected chi connectivity index (χ2v) is 13.6. The lowest BCUT2D eigenvalue weighted by Crippen LogP contribution is -2.60. The summed E-state index contributed by atoms with van der Waals surface area (Å²) in [6, 6.07) is 12.3. The van der Waals surface area contributed by atoms with Crippen LogP contribution in [0.5, 0.6) is 5.75 Å². The number of nitrogens with one attached hydrogen (secondary N) is 1. The number of carbonyl (C=O) groups is 4. The molecule has 0 spiro atoms. The van der Waals surface area contributed by atoms with Crippen LogP contribution in [0.25, 0.3) is 10.8 Å². The molecule has 0 aliphatic carbocycles. The number of likely N-dealkylation sites (N-methyl/N-ethyl adjacent to an activating group) is 1. The Hall–Kier alpha value is -4.17. The van der Waals surface area contributed by atoms with Crippen LogP contribution in [-0.2, 0) is 30.8 Å². The van der Waals surface area contributed by atoms with Gasteiger partial charge in [0.15, 0.2) is 9.84 Å². The number of rotatable bonds is 8. The van der Waals surface area contributed by atoms with E-state index < -0.39 is 57.5 Å². The molecule has 2 N–H and O–H groups in total. The van der Waals surface area contributed by atoms with E-state index in [0.717, 1.165) is 26.4 Å². The van der Waals surface area contributed by atoms with Crippen molar-refractivity contribution in [2.24, 2.45) is 0 Å². The average Bonchev–Trinajstić information content (AvgIpc) is 3.04. The van der Waals surface area contributed by atoms with Gasteiger partial charge in [-0.3, -0.25) is 19.3 Å². The van der Waals surface area contributed by atoms with Crippen LogP contribution in [-0.4, -0.2) is 86.5 Å². The molecule has 0 bridgehead atoms. The highest BCUT2D eigenvalue weighted by atomic mass is 79.9. The smallest absolute Gasteiger partial charge is 0.407 e. The number of benzene rings is 3. The van der Waals surface area contributed by atoms with Crippen LogP contribution in [0.15, 0.2) is 59.1 Å². The zero-order valence-corrected chi connectivity index (χ0v) is 27.2. The molecule has 0 radical (unpaired) electrons. The van der Waals surface area contributed by atoms with Crippen LogP contribution in [0.3, 0.4) is 0 Å². The lowest BCUT2D eigenvalue weighted by molar-refractivity contribution is -0.130. The Kier molecular flexibility index (Phi) is 9.54. The predicted molar refractivity (Wildman–Crippen MR) is 170 cm³/mol. The molecule has 4 amide bonds. The normalized spacial score (nSPS) is 17.5. The van der Waals surface area contributed by atoms with Crippen LogP contribution in [0, 0.1) is 0 Å². The molecule has 1 heterocycles. The minimum Gasteiger partial charge on any atom is -0.496 e. The van der Waals surface area contributed by atoms with Gasteiger partial charge in [0.05, 0.1) is 31.1 Å². The van der Waals surface area contributed by atoms with Gasteiger partial charge in [-0.1, -0.05) is 40.2 Å². The summed E-state index contributed by atoms with van der Waals surface area (Å²) in [4.78, 5) is 56.4. The first kappa shape index (κ1) is 32.7. The summed E-state index contributed by atoms with van der Waals surface area (Å²) in [6.07, 6.45) is -0.411. The first-order valence-electron chi connectivity index (χ1n) is 13.6. The third-order valence-electron chi connectivity index (χ3n) is 7.68. The Bertz CT molecular complexity index is 1750.